The number of nitro benzene ring substituents is 1. The lowest BCUT2D eigenvalue weighted by atomic mass is 9.83. The number of nitro groups is 1. The van der Waals surface area contributed by atoms with Crippen molar-refractivity contribution in [3.05, 3.63) is 39.9 Å². The van der Waals surface area contributed by atoms with Crippen molar-refractivity contribution in [1.29, 1.82) is 0 Å². The molecule has 1 heterocycles. The van der Waals surface area contributed by atoms with Gasteiger partial charge in [0.1, 0.15) is 11.8 Å². The van der Waals surface area contributed by atoms with E-state index in [-0.39, 0.29) is 23.8 Å². The Labute approximate surface area is 169 Å². The van der Waals surface area contributed by atoms with Gasteiger partial charge in [-0.1, -0.05) is 13.0 Å². The number of benzene rings is 1. The Morgan fingerprint density at radius 2 is 2.10 bits per heavy atom. The molecule has 1 aromatic carbocycles. The van der Waals surface area contributed by atoms with Crippen LogP contribution in [0.4, 0.5) is 5.69 Å². The predicted molar refractivity (Wildman–Crippen MR) is 104 cm³/mol. The quantitative estimate of drug-likeness (QED) is 0.441. The molecule has 9 nitrogen and oxygen atoms in total. The maximum Gasteiger partial charge on any atom is 0.270 e. The Bertz CT molecular complexity index is 775. The third kappa shape index (κ3) is 4.40. The first-order valence-corrected chi connectivity index (χ1v) is 9.86. The molecule has 9 heteroatoms. The van der Waals surface area contributed by atoms with Crippen LogP contribution >= 0.6 is 0 Å². The van der Waals surface area contributed by atoms with Crippen LogP contribution in [-0.4, -0.2) is 60.3 Å². The number of carbonyl (C=O) groups is 2. The second-order valence-electron chi connectivity index (χ2n) is 7.72. The molecule has 2 amide bonds. The second kappa shape index (κ2) is 8.87. The molecule has 1 saturated carbocycles. The molecule has 1 N–H and O–H groups in total. The number of ether oxygens (including phenoxy) is 2. The lowest BCUT2D eigenvalue weighted by molar-refractivity contribution is -0.384. The van der Waals surface area contributed by atoms with E-state index in [1.807, 2.05) is 0 Å². The summed E-state index contributed by atoms with van der Waals surface area (Å²) in [5, 5.41) is 13.9. The van der Waals surface area contributed by atoms with Crippen molar-refractivity contribution in [2.24, 2.45) is 5.92 Å². The molecule has 2 aliphatic rings. The average molecular weight is 405 g/mol. The van der Waals surface area contributed by atoms with Gasteiger partial charge in [0.15, 0.2) is 0 Å². The number of nitrogens with zero attached hydrogens (tertiary/aromatic N) is 2. The van der Waals surface area contributed by atoms with Gasteiger partial charge in [-0.15, -0.1) is 0 Å². The smallest absolute Gasteiger partial charge is 0.270 e. The van der Waals surface area contributed by atoms with Gasteiger partial charge in [0.05, 0.1) is 18.1 Å². The minimum atomic E-state index is -0.850. The highest BCUT2D eigenvalue weighted by Crippen LogP contribution is 2.43. The van der Waals surface area contributed by atoms with Gasteiger partial charge in [0.25, 0.3) is 11.6 Å². The molecule has 1 aliphatic heterocycles. The first-order chi connectivity index (χ1) is 13.9. The number of non-ortho nitro benzene ring substituents is 1. The van der Waals surface area contributed by atoms with Crippen molar-refractivity contribution in [3.63, 3.8) is 0 Å². The summed E-state index contributed by atoms with van der Waals surface area (Å²) in [7, 11) is 1.54. The monoisotopic (exact) mass is 405 g/mol. The molecule has 1 unspecified atom stereocenters. The van der Waals surface area contributed by atoms with Crippen LogP contribution in [0.2, 0.25) is 0 Å². The zero-order valence-corrected chi connectivity index (χ0v) is 16.8. The van der Waals surface area contributed by atoms with Crippen molar-refractivity contribution in [3.8, 4) is 0 Å². The summed E-state index contributed by atoms with van der Waals surface area (Å²) < 4.78 is 11.0. The SMILES string of the molecule is COCCNC(=O)C1COC2(CCC(C)CC2)N1C(=O)c1cccc([N+](=O)[O-])c1. The average Bonchev–Trinajstić information content (AvgIpc) is 3.09. The van der Waals surface area contributed by atoms with Crippen LogP contribution in [0, 0.1) is 16.0 Å². The van der Waals surface area contributed by atoms with Gasteiger partial charge in [-0.05, 0) is 37.7 Å². The number of hydrogen-bond donors (Lipinski definition) is 1. The Hall–Kier alpha value is -2.52. The highest BCUT2D eigenvalue weighted by molar-refractivity contribution is 5.99. The highest BCUT2D eigenvalue weighted by Gasteiger charge is 2.53. The van der Waals surface area contributed by atoms with Crippen molar-refractivity contribution < 1.29 is 24.0 Å². The van der Waals surface area contributed by atoms with E-state index in [9.17, 15) is 19.7 Å². The molecular weight excluding hydrogens is 378 g/mol. The molecule has 1 saturated heterocycles. The van der Waals surface area contributed by atoms with Crippen molar-refractivity contribution in [1.82, 2.24) is 10.2 Å². The molecule has 3 rings (SSSR count). The fourth-order valence-corrected chi connectivity index (χ4v) is 4.07. The number of carbonyl (C=O) groups excluding carboxylic acids is 2. The molecule has 29 heavy (non-hydrogen) atoms. The summed E-state index contributed by atoms with van der Waals surface area (Å²) in [6, 6.07) is 4.81. The van der Waals surface area contributed by atoms with Gasteiger partial charge >= 0.3 is 0 Å². The van der Waals surface area contributed by atoms with Crippen LogP contribution in [0.3, 0.4) is 0 Å². The molecule has 1 atom stereocenters. The zero-order chi connectivity index (χ0) is 21.0. The largest absolute Gasteiger partial charge is 0.383 e. The van der Waals surface area contributed by atoms with E-state index in [1.54, 1.807) is 7.11 Å². The minimum Gasteiger partial charge on any atom is -0.383 e. The maximum absolute atomic E-state index is 13.4. The first kappa shape index (κ1) is 21.2. The summed E-state index contributed by atoms with van der Waals surface area (Å²) in [5.41, 5.74) is -0.835. The summed E-state index contributed by atoms with van der Waals surface area (Å²) in [5.74, 6) is -0.211. The van der Waals surface area contributed by atoms with Crippen LogP contribution in [0.1, 0.15) is 43.0 Å². The number of amides is 2. The number of methoxy groups -OCH3 is 1. The van der Waals surface area contributed by atoms with Crippen molar-refractivity contribution in [2.75, 3.05) is 26.9 Å². The van der Waals surface area contributed by atoms with Crippen LogP contribution in [-0.2, 0) is 14.3 Å². The Morgan fingerprint density at radius 1 is 1.38 bits per heavy atom. The Balaban J connectivity index is 1.90. The zero-order valence-electron chi connectivity index (χ0n) is 16.8. The van der Waals surface area contributed by atoms with E-state index in [2.05, 4.69) is 12.2 Å². The topological polar surface area (TPSA) is 111 Å². The Morgan fingerprint density at radius 3 is 2.76 bits per heavy atom. The summed E-state index contributed by atoms with van der Waals surface area (Å²) in [6.45, 7) is 2.95. The van der Waals surface area contributed by atoms with E-state index in [0.717, 1.165) is 12.8 Å². The lowest BCUT2D eigenvalue weighted by Gasteiger charge is -2.43. The minimum absolute atomic E-state index is 0.105. The first-order valence-electron chi connectivity index (χ1n) is 9.86. The highest BCUT2D eigenvalue weighted by atomic mass is 16.6. The van der Waals surface area contributed by atoms with E-state index in [1.165, 1.54) is 29.2 Å². The predicted octanol–water partition coefficient (Wildman–Crippen LogP) is 2.10. The molecule has 1 aliphatic carbocycles. The molecule has 0 bridgehead atoms. The molecule has 0 radical (unpaired) electrons. The van der Waals surface area contributed by atoms with Gasteiger partial charge in [0, 0.05) is 31.4 Å². The summed E-state index contributed by atoms with van der Waals surface area (Å²) in [6.07, 6.45) is 3.04. The molecular formula is C20H27N3O6. The van der Waals surface area contributed by atoms with E-state index in [0.29, 0.717) is 31.9 Å². The van der Waals surface area contributed by atoms with E-state index >= 15 is 0 Å². The normalized spacial score (nSPS) is 26.5. The fraction of sp³-hybridized carbons (Fsp3) is 0.600. The van der Waals surface area contributed by atoms with Gasteiger partial charge < -0.3 is 14.8 Å². The second-order valence-corrected chi connectivity index (χ2v) is 7.72. The van der Waals surface area contributed by atoms with Crippen LogP contribution < -0.4 is 5.32 Å². The van der Waals surface area contributed by atoms with Gasteiger partial charge in [0.2, 0.25) is 5.91 Å². The molecule has 2 fully saturated rings. The standard InChI is InChI=1S/C20H27N3O6/c1-14-6-8-20(9-7-14)22(17(13-29-20)18(24)21-10-11-28-2)19(25)15-4-3-5-16(12-15)23(26)27/h3-5,12,14,17H,6-11,13H2,1-2H3,(H,21,24). The van der Waals surface area contributed by atoms with Crippen molar-refractivity contribution in [2.45, 2.75) is 44.4 Å². The molecule has 1 aromatic rings. The fourth-order valence-electron chi connectivity index (χ4n) is 4.07. The van der Waals surface area contributed by atoms with E-state index < -0.39 is 22.6 Å². The summed E-state index contributed by atoms with van der Waals surface area (Å²) >= 11 is 0. The van der Waals surface area contributed by atoms with Crippen LogP contribution in [0.15, 0.2) is 24.3 Å². The molecule has 158 valence electrons. The van der Waals surface area contributed by atoms with Gasteiger partial charge in [-0.3, -0.25) is 24.6 Å². The summed E-state index contributed by atoms with van der Waals surface area (Å²) in [4.78, 5) is 38.3. The van der Waals surface area contributed by atoms with Crippen LogP contribution in [0.5, 0.6) is 0 Å². The van der Waals surface area contributed by atoms with Gasteiger partial charge in [-0.25, -0.2) is 0 Å². The molecule has 1 spiro atoms. The lowest BCUT2D eigenvalue weighted by Crippen LogP contribution is -2.57. The molecule has 0 aromatic heterocycles. The third-order valence-electron chi connectivity index (χ3n) is 5.75. The van der Waals surface area contributed by atoms with Crippen LogP contribution in [0.25, 0.3) is 0 Å². The third-order valence-corrected chi connectivity index (χ3v) is 5.75. The maximum atomic E-state index is 13.4. The number of rotatable bonds is 6. The van der Waals surface area contributed by atoms with E-state index in [4.69, 9.17) is 9.47 Å². The van der Waals surface area contributed by atoms with Gasteiger partial charge in [-0.2, -0.15) is 0 Å². The van der Waals surface area contributed by atoms with Crippen molar-refractivity contribution >= 4 is 17.5 Å². The number of nitrogens with one attached hydrogen (secondary N) is 1. The Kier molecular flexibility index (Phi) is 6.49. The number of hydrogen-bond acceptors (Lipinski definition) is 6.